The fourth-order valence-corrected chi connectivity index (χ4v) is 1.48. The average molecular weight is 250 g/mol. The van der Waals surface area contributed by atoms with Gasteiger partial charge in [0.1, 0.15) is 5.75 Å². The number of para-hydroxylation sites is 1. The molecule has 1 rings (SSSR count). The predicted octanol–water partition coefficient (Wildman–Crippen LogP) is 1.57. The smallest absolute Gasteiger partial charge is 0.260 e. The first-order valence-electron chi connectivity index (χ1n) is 6.44. The lowest BCUT2D eigenvalue weighted by molar-refractivity contribution is -0.127. The zero-order chi connectivity index (χ0) is 13.2. The van der Waals surface area contributed by atoms with E-state index >= 15 is 0 Å². The van der Waals surface area contributed by atoms with Crippen LogP contribution in [0.4, 0.5) is 0 Å². The Morgan fingerprint density at radius 2 is 1.94 bits per heavy atom. The number of carbonyl (C=O) groups is 1. The molecular formula is C14H22N2O2. The van der Waals surface area contributed by atoms with Gasteiger partial charge in [-0.3, -0.25) is 4.79 Å². The van der Waals surface area contributed by atoms with Gasteiger partial charge in [-0.25, -0.2) is 0 Å². The molecular weight excluding hydrogens is 228 g/mol. The van der Waals surface area contributed by atoms with Crippen LogP contribution in [0.5, 0.6) is 5.75 Å². The third-order valence-corrected chi connectivity index (χ3v) is 2.45. The summed E-state index contributed by atoms with van der Waals surface area (Å²) in [5.41, 5.74) is 0. The number of hydrogen-bond acceptors (Lipinski definition) is 3. The number of carbonyl (C=O) groups excluding carboxylic acids is 1. The zero-order valence-corrected chi connectivity index (χ0v) is 11.1. The minimum atomic E-state index is -0.474. The van der Waals surface area contributed by atoms with Gasteiger partial charge in [0.15, 0.2) is 6.10 Å². The summed E-state index contributed by atoms with van der Waals surface area (Å²) in [5.74, 6) is 0.626. The number of hydrogen-bond donors (Lipinski definition) is 2. The Morgan fingerprint density at radius 1 is 1.22 bits per heavy atom. The molecule has 1 aromatic rings. The fourth-order valence-electron chi connectivity index (χ4n) is 1.48. The van der Waals surface area contributed by atoms with Crippen LogP contribution in [0.15, 0.2) is 30.3 Å². The number of amides is 1. The maximum Gasteiger partial charge on any atom is 0.260 e. The van der Waals surface area contributed by atoms with E-state index in [2.05, 4.69) is 17.6 Å². The van der Waals surface area contributed by atoms with Crippen LogP contribution < -0.4 is 15.4 Å². The molecule has 0 aliphatic rings. The van der Waals surface area contributed by atoms with Crippen LogP contribution in [0.25, 0.3) is 0 Å². The second kappa shape index (κ2) is 8.53. The first kappa shape index (κ1) is 14.5. The minimum Gasteiger partial charge on any atom is -0.481 e. The molecule has 2 N–H and O–H groups in total. The van der Waals surface area contributed by atoms with Crippen molar-refractivity contribution in [2.45, 2.75) is 26.4 Å². The highest BCUT2D eigenvalue weighted by Crippen LogP contribution is 2.10. The van der Waals surface area contributed by atoms with Gasteiger partial charge in [-0.2, -0.15) is 0 Å². The summed E-state index contributed by atoms with van der Waals surface area (Å²) in [6.45, 7) is 6.26. The molecule has 0 bridgehead atoms. The van der Waals surface area contributed by atoms with Crippen LogP contribution in [0.3, 0.4) is 0 Å². The van der Waals surface area contributed by atoms with Gasteiger partial charge in [0.25, 0.3) is 5.91 Å². The van der Waals surface area contributed by atoms with Crippen molar-refractivity contribution in [3.05, 3.63) is 30.3 Å². The first-order chi connectivity index (χ1) is 8.74. The molecule has 0 heterocycles. The molecule has 0 saturated heterocycles. The molecule has 0 aliphatic heterocycles. The highest BCUT2D eigenvalue weighted by Gasteiger charge is 2.13. The van der Waals surface area contributed by atoms with Crippen molar-refractivity contribution in [3.63, 3.8) is 0 Å². The van der Waals surface area contributed by atoms with Crippen molar-refractivity contribution in [2.75, 3.05) is 19.6 Å². The molecule has 0 aliphatic carbocycles. The Morgan fingerprint density at radius 3 is 2.61 bits per heavy atom. The predicted molar refractivity (Wildman–Crippen MR) is 72.7 cm³/mol. The van der Waals surface area contributed by atoms with Crippen molar-refractivity contribution < 1.29 is 9.53 Å². The van der Waals surface area contributed by atoms with E-state index in [1.807, 2.05) is 30.3 Å². The number of benzene rings is 1. The van der Waals surface area contributed by atoms with Gasteiger partial charge in [-0.15, -0.1) is 0 Å². The normalized spacial score (nSPS) is 11.9. The zero-order valence-electron chi connectivity index (χ0n) is 11.1. The third-order valence-electron chi connectivity index (χ3n) is 2.45. The Bertz CT molecular complexity index is 341. The van der Waals surface area contributed by atoms with E-state index in [9.17, 15) is 4.79 Å². The molecule has 0 spiro atoms. The summed E-state index contributed by atoms with van der Waals surface area (Å²) in [6, 6.07) is 9.36. The molecule has 100 valence electrons. The Balaban J connectivity index is 2.21. The van der Waals surface area contributed by atoms with Gasteiger partial charge < -0.3 is 15.4 Å². The van der Waals surface area contributed by atoms with E-state index in [-0.39, 0.29) is 5.91 Å². The summed E-state index contributed by atoms with van der Waals surface area (Å²) in [6.07, 6.45) is 0.625. The van der Waals surface area contributed by atoms with E-state index in [1.54, 1.807) is 6.92 Å². The molecule has 0 saturated carbocycles. The molecule has 0 fully saturated rings. The van der Waals surface area contributed by atoms with Crippen molar-refractivity contribution in [3.8, 4) is 5.75 Å². The number of nitrogens with one attached hydrogen (secondary N) is 2. The molecule has 18 heavy (non-hydrogen) atoms. The quantitative estimate of drug-likeness (QED) is 0.689. The summed E-state index contributed by atoms with van der Waals surface area (Å²) in [7, 11) is 0. The Kier molecular flexibility index (Phi) is 6.87. The SMILES string of the molecule is CCCNCCNC(=O)C(C)Oc1ccccc1. The number of rotatable bonds is 8. The van der Waals surface area contributed by atoms with Crippen LogP contribution >= 0.6 is 0 Å². The highest BCUT2D eigenvalue weighted by molar-refractivity contribution is 5.80. The maximum absolute atomic E-state index is 11.7. The van der Waals surface area contributed by atoms with Crippen LogP contribution in [0.2, 0.25) is 0 Å². The molecule has 1 aromatic carbocycles. The summed E-state index contributed by atoms with van der Waals surface area (Å²) >= 11 is 0. The Labute approximate surface area is 109 Å². The second-order valence-electron chi connectivity index (χ2n) is 4.11. The minimum absolute atomic E-state index is 0.0860. The highest BCUT2D eigenvalue weighted by atomic mass is 16.5. The third kappa shape index (κ3) is 5.68. The summed E-state index contributed by atoms with van der Waals surface area (Å²) in [4.78, 5) is 11.7. The van der Waals surface area contributed by atoms with Crippen molar-refractivity contribution in [1.29, 1.82) is 0 Å². The van der Waals surface area contributed by atoms with Gasteiger partial charge in [-0.1, -0.05) is 25.1 Å². The molecule has 1 atom stereocenters. The Hall–Kier alpha value is -1.55. The van der Waals surface area contributed by atoms with Crippen LogP contribution in [0, 0.1) is 0 Å². The lowest BCUT2D eigenvalue weighted by atomic mass is 10.3. The van der Waals surface area contributed by atoms with Crippen LogP contribution in [-0.4, -0.2) is 31.6 Å². The van der Waals surface area contributed by atoms with Gasteiger partial charge in [0, 0.05) is 13.1 Å². The molecule has 0 aromatic heterocycles. The molecule has 0 radical (unpaired) electrons. The van der Waals surface area contributed by atoms with Gasteiger partial charge in [0.2, 0.25) is 0 Å². The largest absolute Gasteiger partial charge is 0.481 e. The fraction of sp³-hybridized carbons (Fsp3) is 0.500. The topological polar surface area (TPSA) is 50.4 Å². The lowest BCUT2D eigenvalue weighted by Crippen LogP contribution is -2.39. The monoisotopic (exact) mass is 250 g/mol. The standard InChI is InChI=1S/C14H22N2O2/c1-3-9-15-10-11-16-14(17)12(2)18-13-7-5-4-6-8-13/h4-8,12,15H,3,9-11H2,1-2H3,(H,16,17). The lowest BCUT2D eigenvalue weighted by Gasteiger charge is -2.14. The van der Waals surface area contributed by atoms with Crippen LogP contribution in [0.1, 0.15) is 20.3 Å². The molecule has 1 unspecified atom stereocenters. The molecule has 4 heteroatoms. The summed E-state index contributed by atoms with van der Waals surface area (Å²) < 4.78 is 5.52. The van der Waals surface area contributed by atoms with Gasteiger partial charge >= 0.3 is 0 Å². The number of ether oxygens (including phenoxy) is 1. The van der Waals surface area contributed by atoms with Crippen molar-refractivity contribution >= 4 is 5.91 Å². The molecule has 4 nitrogen and oxygen atoms in total. The van der Waals surface area contributed by atoms with Gasteiger partial charge in [-0.05, 0) is 32.0 Å². The van der Waals surface area contributed by atoms with E-state index < -0.39 is 6.10 Å². The molecule has 1 amide bonds. The maximum atomic E-state index is 11.7. The average Bonchev–Trinajstić information content (AvgIpc) is 2.39. The van der Waals surface area contributed by atoms with E-state index in [4.69, 9.17) is 4.74 Å². The first-order valence-corrected chi connectivity index (χ1v) is 6.44. The van der Waals surface area contributed by atoms with Crippen molar-refractivity contribution in [1.82, 2.24) is 10.6 Å². The van der Waals surface area contributed by atoms with E-state index in [1.165, 1.54) is 0 Å². The van der Waals surface area contributed by atoms with E-state index in [0.29, 0.717) is 12.3 Å². The van der Waals surface area contributed by atoms with Gasteiger partial charge in [0.05, 0.1) is 0 Å². The second-order valence-corrected chi connectivity index (χ2v) is 4.11. The van der Waals surface area contributed by atoms with Crippen LogP contribution in [-0.2, 0) is 4.79 Å². The summed E-state index contributed by atoms with van der Waals surface area (Å²) in [5, 5.41) is 6.06. The van der Waals surface area contributed by atoms with Crippen molar-refractivity contribution in [2.24, 2.45) is 0 Å². The van der Waals surface area contributed by atoms with E-state index in [0.717, 1.165) is 19.5 Å².